The van der Waals surface area contributed by atoms with Crippen LogP contribution >= 0.6 is 0 Å². The number of aromatic nitrogens is 2. The molecular formula is C19H27FN4O. The van der Waals surface area contributed by atoms with Crippen molar-refractivity contribution in [2.45, 2.75) is 39.0 Å². The minimum absolute atomic E-state index is 0.234. The Bertz CT molecular complexity index is 727. The van der Waals surface area contributed by atoms with E-state index in [1.54, 1.807) is 0 Å². The Morgan fingerprint density at radius 2 is 2.04 bits per heavy atom. The molecule has 2 aliphatic heterocycles. The topological polar surface area (TPSA) is 37.4 Å². The van der Waals surface area contributed by atoms with Gasteiger partial charge >= 0.3 is 0 Å². The highest BCUT2D eigenvalue weighted by Crippen LogP contribution is 2.41. The average molecular weight is 346 g/mol. The molecule has 2 atom stereocenters. The van der Waals surface area contributed by atoms with Crippen molar-refractivity contribution in [3.8, 4) is 0 Å². The van der Waals surface area contributed by atoms with Crippen LogP contribution in [-0.2, 0) is 20.1 Å². The van der Waals surface area contributed by atoms with Crippen LogP contribution in [0.5, 0.6) is 0 Å². The molecule has 5 nitrogen and oxygen atoms in total. The third-order valence-corrected chi connectivity index (χ3v) is 5.71. The SMILES string of the molecule is Cc1ccc(CN2CCC(F)C3(CCN(Cc4cnn(C)c4)C3)C2)o1. The maximum absolute atomic E-state index is 14.9. The van der Waals surface area contributed by atoms with Crippen molar-refractivity contribution in [1.29, 1.82) is 0 Å². The first-order chi connectivity index (χ1) is 12.0. The van der Waals surface area contributed by atoms with E-state index in [2.05, 4.69) is 14.9 Å². The lowest BCUT2D eigenvalue weighted by Gasteiger charge is -2.42. The molecule has 2 aromatic rings. The molecule has 2 fully saturated rings. The molecule has 0 saturated carbocycles. The summed E-state index contributed by atoms with van der Waals surface area (Å²) >= 11 is 0. The lowest BCUT2D eigenvalue weighted by Crippen LogP contribution is -2.51. The average Bonchev–Trinajstić information content (AvgIpc) is 3.27. The number of aryl methyl sites for hydroxylation is 2. The maximum atomic E-state index is 14.9. The largest absolute Gasteiger partial charge is 0.465 e. The summed E-state index contributed by atoms with van der Waals surface area (Å²) in [5, 5.41) is 4.24. The molecule has 25 heavy (non-hydrogen) atoms. The van der Waals surface area contributed by atoms with Crippen LogP contribution in [0, 0.1) is 12.3 Å². The van der Waals surface area contributed by atoms with Gasteiger partial charge in [-0.15, -0.1) is 0 Å². The summed E-state index contributed by atoms with van der Waals surface area (Å²) in [6, 6.07) is 4.03. The first kappa shape index (κ1) is 16.8. The van der Waals surface area contributed by atoms with Crippen molar-refractivity contribution < 1.29 is 8.81 Å². The number of hydrogen-bond acceptors (Lipinski definition) is 4. The molecule has 0 N–H and O–H groups in total. The maximum Gasteiger partial charge on any atom is 0.118 e. The second-order valence-electron chi connectivity index (χ2n) is 7.82. The van der Waals surface area contributed by atoms with Gasteiger partial charge in [0.15, 0.2) is 0 Å². The molecule has 2 aromatic heterocycles. The molecule has 0 bridgehead atoms. The van der Waals surface area contributed by atoms with E-state index in [1.165, 1.54) is 5.56 Å². The molecule has 0 radical (unpaired) electrons. The number of furan rings is 1. The zero-order chi connectivity index (χ0) is 17.4. The minimum Gasteiger partial charge on any atom is -0.465 e. The molecule has 6 heteroatoms. The molecule has 0 aliphatic carbocycles. The van der Waals surface area contributed by atoms with Gasteiger partial charge in [0.1, 0.15) is 17.7 Å². The van der Waals surface area contributed by atoms with Gasteiger partial charge in [-0.2, -0.15) is 5.10 Å². The van der Waals surface area contributed by atoms with Crippen LogP contribution in [0.2, 0.25) is 0 Å². The molecule has 4 heterocycles. The van der Waals surface area contributed by atoms with E-state index in [9.17, 15) is 4.39 Å². The minimum atomic E-state index is -0.707. The Hall–Kier alpha value is -1.66. The zero-order valence-corrected chi connectivity index (χ0v) is 15.1. The Labute approximate surface area is 148 Å². The summed E-state index contributed by atoms with van der Waals surface area (Å²) in [6.07, 6.45) is 4.80. The van der Waals surface area contributed by atoms with E-state index in [1.807, 2.05) is 43.2 Å². The van der Waals surface area contributed by atoms with Gasteiger partial charge in [-0.25, -0.2) is 4.39 Å². The van der Waals surface area contributed by atoms with E-state index in [4.69, 9.17) is 4.42 Å². The highest BCUT2D eigenvalue weighted by molar-refractivity contribution is 5.08. The van der Waals surface area contributed by atoms with E-state index in [0.29, 0.717) is 6.42 Å². The summed E-state index contributed by atoms with van der Waals surface area (Å²) in [5.41, 5.74) is 0.968. The van der Waals surface area contributed by atoms with Crippen LogP contribution in [0.4, 0.5) is 4.39 Å². The van der Waals surface area contributed by atoms with E-state index < -0.39 is 6.17 Å². The second-order valence-corrected chi connectivity index (χ2v) is 7.82. The van der Waals surface area contributed by atoms with E-state index in [-0.39, 0.29) is 5.41 Å². The fourth-order valence-corrected chi connectivity index (χ4v) is 4.47. The van der Waals surface area contributed by atoms with Crippen LogP contribution < -0.4 is 0 Å². The molecule has 4 rings (SSSR count). The lowest BCUT2D eigenvalue weighted by molar-refractivity contribution is 0.00326. The molecular weight excluding hydrogens is 319 g/mol. The summed E-state index contributed by atoms with van der Waals surface area (Å²) in [6.45, 7) is 7.03. The molecule has 0 aromatic carbocycles. The first-order valence-corrected chi connectivity index (χ1v) is 9.14. The highest BCUT2D eigenvalue weighted by Gasteiger charge is 2.48. The second kappa shape index (κ2) is 6.57. The van der Waals surface area contributed by atoms with Crippen LogP contribution in [0.3, 0.4) is 0 Å². The summed E-state index contributed by atoms with van der Waals surface area (Å²) in [5.74, 6) is 1.92. The van der Waals surface area contributed by atoms with Gasteiger partial charge in [-0.3, -0.25) is 14.5 Å². The Morgan fingerprint density at radius 1 is 1.24 bits per heavy atom. The number of rotatable bonds is 4. The Balaban J connectivity index is 1.41. The summed E-state index contributed by atoms with van der Waals surface area (Å²) in [7, 11) is 1.93. The zero-order valence-electron chi connectivity index (χ0n) is 15.1. The predicted octanol–water partition coefficient (Wildman–Crippen LogP) is 2.76. The molecule has 2 aliphatic rings. The van der Waals surface area contributed by atoms with Crippen LogP contribution in [0.1, 0.15) is 29.9 Å². The molecule has 0 amide bonds. The third-order valence-electron chi connectivity index (χ3n) is 5.71. The third kappa shape index (κ3) is 3.51. The van der Waals surface area contributed by atoms with Crippen LogP contribution in [-0.4, -0.2) is 51.9 Å². The van der Waals surface area contributed by atoms with Gasteiger partial charge in [0, 0.05) is 50.4 Å². The van der Waals surface area contributed by atoms with Crippen molar-refractivity contribution in [2.75, 3.05) is 26.2 Å². The fourth-order valence-electron chi connectivity index (χ4n) is 4.47. The number of likely N-dealkylation sites (tertiary alicyclic amines) is 2. The van der Waals surface area contributed by atoms with Gasteiger partial charge < -0.3 is 4.42 Å². The number of halogens is 1. The van der Waals surface area contributed by atoms with Gasteiger partial charge in [0.2, 0.25) is 0 Å². The molecule has 136 valence electrons. The molecule has 2 unspecified atom stereocenters. The number of hydrogen-bond donors (Lipinski definition) is 0. The van der Waals surface area contributed by atoms with Gasteiger partial charge in [-0.05, 0) is 38.4 Å². The van der Waals surface area contributed by atoms with Crippen molar-refractivity contribution in [3.05, 3.63) is 41.6 Å². The standard InChI is InChI=1S/C19H27FN4O/c1-15-3-4-17(25-15)12-23-7-5-18(20)19(13-23)6-8-24(14-19)11-16-9-21-22(2)10-16/h3-4,9-10,18H,5-8,11-14H2,1-2H3. The smallest absolute Gasteiger partial charge is 0.118 e. The quantitative estimate of drug-likeness (QED) is 0.853. The number of alkyl halides is 1. The molecule has 2 saturated heterocycles. The predicted molar refractivity (Wildman–Crippen MR) is 93.8 cm³/mol. The number of piperidine rings is 1. The highest BCUT2D eigenvalue weighted by atomic mass is 19.1. The summed E-state index contributed by atoms with van der Waals surface area (Å²) in [4.78, 5) is 4.74. The molecule has 1 spiro atoms. The van der Waals surface area contributed by atoms with E-state index in [0.717, 1.165) is 57.2 Å². The fraction of sp³-hybridized carbons (Fsp3) is 0.632. The lowest BCUT2D eigenvalue weighted by atomic mass is 9.77. The van der Waals surface area contributed by atoms with E-state index >= 15 is 0 Å². The van der Waals surface area contributed by atoms with Gasteiger partial charge in [0.25, 0.3) is 0 Å². The Morgan fingerprint density at radius 3 is 2.72 bits per heavy atom. The van der Waals surface area contributed by atoms with Gasteiger partial charge in [0.05, 0.1) is 12.7 Å². The van der Waals surface area contributed by atoms with Crippen molar-refractivity contribution in [2.24, 2.45) is 12.5 Å². The monoisotopic (exact) mass is 346 g/mol. The van der Waals surface area contributed by atoms with Crippen molar-refractivity contribution >= 4 is 0 Å². The van der Waals surface area contributed by atoms with Crippen LogP contribution in [0.25, 0.3) is 0 Å². The van der Waals surface area contributed by atoms with Gasteiger partial charge in [-0.1, -0.05) is 0 Å². The first-order valence-electron chi connectivity index (χ1n) is 9.14. The van der Waals surface area contributed by atoms with Crippen molar-refractivity contribution in [3.63, 3.8) is 0 Å². The summed E-state index contributed by atoms with van der Waals surface area (Å²) < 4.78 is 22.4. The van der Waals surface area contributed by atoms with Crippen LogP contribution in [0.15, 0.2) is 28.9 Å². The normalized spacial score (nSPS) is 28.2. The number of nitrogens with zero attached hydrogens (tertiary/aromatic N) is 4. The van der Waals surface area contributed by atoms with Crippen molar-refractivity contribution in [1.82, 2.24) is 19.6 Å². The Kier molecular flexibility index (Phi) is 4.41.